The van der Waals surface area contributed by atoms with E-state index in [0.717, 1.165) is 11.1 Å². The van der Waals surface area contributed by atoms with E-state index in [9.17, 15) is 9.90 Å². The maximum absolute atomic E-state index is 11.9. The van der Waals surface area contributed by atoms with Crippen LogP contribution in [0.1, 0.15) is 31.9 Å². The Hall–Kier alpha value is -1.61. The van der Waals surface area contributed by atoms with Gasteiger partial charge in [0.2, 0.25) is 0 Å². The van der Waals surface area contributed by atoms with E-state index in [1.54, 1.807) is 19.1 Å². The molecule has 0 aromatic heterocycles. The first-order valence-corrected chi connectivity index (χ1v) is 6.10. The van der Waals surface area contributed by atoms with E-state index < -0.39 is 12.0 Å². The van der Waals surface area contributed by atoms with Crippen molar-refractivity contribution in [2.75, 3.05) is 6.61 Å². The summed E-state index contributed by atoms with van der Waals surface area (Å²) in [5, 5.41) is 10.3. The third kappa shape index (κ3) is 4.00. The Morgan fingerprint density at radius 1 is 1.39 bits per heavy atom. The van der Waals surface area contributed by atoms with Crippen molar-refractivity contribution in [1.29, 1.82) is 0 Å². The van der Waals surface area contributed by atoms with Gasteiger partial charge in [-0.1, -0.05) is 35.9 Å². The van der Waals surface area contributed by atoms with Crippen molar-refractivity contribution < 1.29 is 14.6 Å². The van der Waals surface area contributed by atoms with Gasteiger partial charge in [-0.05, 0) is 25.8 Å². The minimum absolute atomic E-state index is 0.313. The summed E-state index contributed by atoms with van der Waals surface area (Å²) in [7, 11) is 0. The number of carbonyl (C=O) groups is 1. The third-order valence-corrected chi connectivity index (χ3v) is 2.68. The van der Waals surface area contributed by atoms with Gasteiger partial charge in [-0.15, -0.1) is 6.58 Å². The number of hydrogen-bond acceptors (Lipinski definition) is 3. The SMILES string of the molecule is C=C(C)C[C@H](C(=O)OCC)[C@@H](O)c1ccccc1. The second-order valence-corrected chi connectivity index (χ2v) is 4.38. The van der Waals surface area contributed by atoms with Crippen LogP contribution in [-0.4, -0.2) is 17.7 Å². The van der Waals surface area contributed by atoms with E-state index in [-0.39, 0.29) is 5.97 Å². The third-order valence-electron chi connectivity index (χ3n) is 2.68. The first-order chi connectivity index (χ1) is 8.56. The standard InChI is InChI=1S/C15H20O3/c1-4-18-15(17)13(10-11(2)3)14(16)12-8-6-5-7-9-12/h5-9,13-14,16H,2,4,10H2,1,3H3/t13-,14-/m0/s1. The average Bonchev–Trinajstić information content (AvgIpc) is 2.36. The molecule has 0 heterocycles. The van der Waals surface area contributed by atoms with E-state index in [4.69, 9.17) is 4.74 Å². The fourth-order valence-corrected chi connectivity index (χ4v) is 1.83. The number of allylic oxidation sites excluding steroid dienone is 1. The largest absolute Gasteiger partial charge is 0.466 e. The highest BCUT2D eigenvalue weighted by atomic mass is 16.5. The number of hydrogen-bond donors (Lipinski definition) is 1. The fraction of sp³-hybridized carbons (Fsp3) is 0.400. The Kier molecular flexibility index (Phi) is 5.59. The molecule has 0 aliphatic heterocycles. The van der Waals surface area contributed by atoms with Gasteiger partial charge in [0.1, 0.15) is 0 Å². The van der Waals surface area contributed by atoms with Crippen LogP contribution in [0.15, 0.2) is 42.5 Å². The molecule has 0 amide bonds. The van der Waals surface area contributed by atoms with Crippen LogP contribution in [0.3, 0.4) is 0 Å². The summed E-state index contributed by atoms with van der Waals surface area (Å²) in [6.45, 7) is 7.70. The quantitative estimate of drug-likeness (QED) is 0.622. The summed E-state index contributed by atoms with van der Waals surface area (Å²) in [5.41, 5.74) is 1.57. The van der Waals surface area contributed by atoms with Crippen molar-refractivity contribution in [3.05, 3.63) is 48.0 Å². The van der Waals surface area contributed by atoms with Gasteiger partial charge in [-0.2, -0.15) is 0 Å². The molecule has 0 bridgehead atoms. The molecule has 0 saturated heterocycles. The Morgan fingerprint density at radius 3 is 2.50 bits per heavy atom. The van der Waals surface area contributed by atoms with Crippen molar-refractivity contribution in [1.82, 2.24) is 0 Å². The normalized spacial score (nSPS) is 13.7. The number of aliphatic hydroxyl groups is 1. The van der Waals surface area contributed by atoms with Crippen LogP contribution in [0.2, 0.25) is 0 Å². The second kappa shape index (κ2) is 6.97. The lowest BCUT2D eigenvalue weighted by atomic mass is 9.90. The van der Waals surface area contributed by atoms with Crippen molar-refractivity contribution in [3.8, 4) is 0 Å². The molecule has 0 unspecified atom stereocenters. The molecule has 98 valence electrons. The number of aliphatic hydroxyl groups excluding tert-OH is 1. The molecule has 3 nitrogen and oxygen atoms in total. The van der Waals surface area contributed by atoms with Crippen molar-refractivity contribution in [2.24, 2.45) is 5.92 Å². The minimum Gasteiger partial charge on any atom is -0.466 e. The molecule has 0 saturated carbocycles. The zero-order valence-corrected chi connectivity index (χ0v) is 10.9. The molecular weight excluding hydrogens is 228 g/mol. The van der Waals surface area contributed by atoms with E-state index in [0.29, 0.717) is 13.0 Å². The van der Waals surface area contributed by atoms with E-state index in [1.807, 2.05) is 25.1 Å². The molecule has 0 aliphatic rings. The van der Waals surface area contributed by atoms with Crippen LogP contribution in [0.5, 0.6) is 0 Å². The Labute approximate surface area is 108 Å². The number of ether oxygens (including phenoxy) is 1. The van der Waals surface area contributed by atoms with Crippen molar-refractivity contribution in [3.63, 3.8) is 0 Å². The number of benzene rings is 1. The van der Waals surface area contributed by atoms with Crippen LogP contribution < -0.4 is 0 Å². The number of carbonyl (C=O) groups excluding carboxylic acids is 1. The molecule has 1 aromatic carbocycles. The highest BCUT2D eigenvalue weighted by Crippen LogP contribution is 2.28. The van der Waals surface area contributed by atoms with Gasteiger partial charge in [-0.25, -0.2) is 0 Å². The second-order valence-electron chi connectivity index (χ2n) is 4.38. The maximum atomic E-state index is 11.9. The molecule has 1 N–H and O–H groups in total. The first-order valence-electron chi connectivity index (χ1n) is 6.10. The Morgan fingerprint density at radius 2 is 2.00 bits per heavy atom. The molecule has 2 atom stereocenters. The van der Waals surface area contributed by atoms with Crippen molar-refractivity contribution >= 4 is 5.97 Å². The molecule has 0 aliphatic carbocycles. The predicted molar refractivity (Wildman–Crippen MR) is 71.0 cm³/mol. The van der Waals surface area contributed by atoms with E-state index >= 15 is 0 Å². The monoisotopic (exact) mass is 248 g/mol. The lowest BCUT2D eigenvalue weighted by Crippen LogP contribution is -2.25. The van der Waals surface area contributed by atoms with Crippen LogP contribution in [0.4, 0.5) is 0 Å². The summed E-state index contributed by atoms with van der Waals surface area (Å²) >= 11 is 0. The molecule has 3 heteroatoms. The zero-order chi connectivity index (χ0) is 13.5. The van der Waals surface area contributed by atoms with E-state index in [1.165, 1.54) is 0 Å². The van der Waals surface area contributed by atoms with Crippen LogP contribution in [-0.2, 0) is 9.53 Å². The molecule has 18 heavy (non-hydrogen) atoms. The summed E-state index contributed by atoms with van der Waals surface area (Å²) in [5.74, 6) is -0.971. The lowest BCUT2D eigenvalue weighted by Gasteiger charge is -2.21. The van der Waals surface area contributed by atoms with Gasteiger partial charge in [0, 0.05) is 0 Å². The van der Waals surface area contributed by atoms with Crippen LogP contribution >= 0.6 is 0 Å². The van der Waals surface area contributed by atoms with Gasteiger partial charge >= 0.3 is 5.97 Å². The summed E-state index contributed by atoms with van der Waals surface area (Å²) in [6.07, 6.45) is -0.434. The summed E-state index contributed by atoms with van der Waals surface area (Å²) in [6, 6.07) is 9.14. The first kappa shape index (κ1) is 14.5. The number of esters is 1. The Bertz CT molecular complexity index is 397. The van der Waals surface area contributed by atoms with E-state index in [2.05, 4.69) is 6.58 Å². The molecule has 0 radical (unpaired) electrons. The summed E-state index contributed by atoms with van der Waals surface area (Å²) in [4.78, 5) is 11.9. The molecule has 0 spiro atoms. The molecule has 1 rings (SSSR count). The van der Waals surface area contributed by atoms with Crippen molar-refractivity contribution in [2.45, 2.75) is 26.4 Å². The lowest BCUT2D eigenvalue weighted by molar-refractivity contribution is -0.152. The minimum atomic E-state index is -0.859. The maximum Gasteiger partial charge on any atom is 0.312 e. The zero-order valence-electron chi connectivity index (χ0n) is 10.9. The topological polar surface area (TPSA) is 46.5 Å². The highest BCUT2D eigenvalue weighted by Gasteiger charge is 2.29. The van der Waals surface area contributed by atoms with Crippen LogP contribution in [0, 0.1) is 5.92 Å². The van der Waals surface area contributed by atoms with Gasteiger partial charge in [0.05, 0.1) is 18.6 Å². The molecule has 0 fully saturated rings. The van der Waals surface area contributed by atoms with Crippen LogP contribution in [0.25, 0.3) is 0 Å². The number of rotatable bonds is 6. The predicted octanol–water partition coefficient (Wildman–Crippen LogP) is 2.87. The molecule has 1 aromatic rings. The van der Waals surface area contributed by atoms with Gasteiger partial charge < -0.3 is 9.84 Å². The summed E-state index contributed by atoms with van der Waals surface area (Å²) < 4.78 is 5.01. The Balaban J connectivity index is 2.88. The molecular formula is C15H20O3. The van der Waals surface area contributed by atoms with Gasteiger partial charge in [0.25, 0.3) is 0 Å². The average molecular weight is 248 g/mol. The smallest absolute Gasteiger partial charge is 0.312 e. The van der Waals surface area contributed by atoms with Gasteiger partial charge in [-0.3, -0.25) is 4.79 Å². The fourth-order valence-electron chi connectivity index (χ4n) is 1.83. The van der Waals surface area contributed by atoms with Gasteiger partial charge in [0.15, 0.2) is 0 Å². The highest BCUT2D eigenvalue weighted by molar-refractivity contribution is 5.73.